The first kappa shape index (κ1) is 16.2. The number of nitro benzene ring substituents is 1. The van der Waals surface area contributed by atoms with Gasteiger partial charge in [-0.2, -0.15) is 0 Å². The number of hydrogen-bond donors (Lipinski definition) is 1. The third-order valence-corrected chi connectivity index (χ3v) is 2.68. The van der Waals surface area contributed by atoms with Crippen LogP contribution in [0.15, 0.2) is 18.2 Å². The van der Waals surface area contributed by atoms with Crippen LogP contribution in [0.1, 0.15) is 20.3 Å². The Morgan fingerprint density at radius 1 is 1.40 bits per heavy atom. The lowest BCUT2D eigenvalue weighted by molar-refractivity contribution is -0.384. The average Bonchev–Trinajstić information content (AvgIpc) is 2.43. The molecule has 0 amide bonds. The Morgan fingerprint density at radius 2 is 2.15 bits per heavy atom. The Morgan fingerprint density at radius 3 is 2.75 bits per heavy atom. The zero-order valence-corrected chi connectivity index (χ0v) is 12.2. The summed E-state index contributed by atoms with van der Waals surface area (Å²) < 4.78 is 10.5. The number of ether oxygens (including phenoxy) is 2. The largest absolute Gasteiger partial charge is 0.493 e. The molecule has 1 unspecified atom stereocenters. The van der Waals surface area contributed by atoms with Crippen molar-refractivity contribution in [2.24, 2.45) is 5.92 Å². The Bertz CT molecular complexity index is 437. The number of methoxy groups -OCH3 is 1. The molecule has 0 fully saturated rings. The normalized spacial score (nSPS) is 11.9. The lowest BCUT2D eigenvalue weighted by Gasteiger charge is -2.13. The minimum atomic E-state index is -0.414. The topological polar surface area (TPSA) is 73.6 Å². The summed E-state index contributed by atoms with van der Waals surface area (Å²) in [4.78, 5) is 10.5. The van der Waals surface area contributed by atoms with Gasteiger partial charge in [0.05, 0.1) is 24.2 Å². The van der Waals surface area contributed by atoms with Crippen LogP contribution in [-0.4, -0.2) is 31.8 Å². The van der Waals surface area contributed by atoms with Crippen molar-refractivity contribution in [2.45, 2.75) is 20.3 Å². The van der Waals surface area contributed by atoms with Gasteiger partial charge in [0.1, 0.15) is 5.75 Å². The van der Waals surface area contributed by atoms with E-state index in [0.717, 1.165) is 6.42 Å². The van der Waals surface area contributed by atoms with Crippen LogP contribution in [0.5, 0.6) is 5.75 Å². The third-order valence-electron chi connectivity index (χ3n) is 2.68. The predicted molar refractivity (Wildman–Crippen MR) is 78.4 cm³/mol. The first-order valence-electron chi connectivity index (χ1n) is 6.72. The Labute approximate surface area is 119 Å². The quantitative estimate of drug-likeness (QED) is 0.556. The van der Waals surface area contributed by atoms with Gasteiger partial charge in [0.2, 0.25) is 0 Å². The molecule has 0 aliphatic rings. The number of anilines is 1. The van der Waals surface area contributed by atoms with Gasteiger partial charge in [0.25, 0.3) is 5.69 Å². The monoisotopic (exact) mass is 282 g/mol. The van der Waals surface area contributed by atoms with E-state index in [4.69, 9.17) is 9.47 Å². The molecule has 6 heteroatoms. The molecule has 1 aromatic carbocycles. The van der Waals surface area contributed by atoms with Gasteiger partial charge in [0.15, 0.2) is 0 Å². The zero-order valence-electron chi connectivity index (χ0n) is 12.2. The van der Waals surface area contributed by atoms with Gasteiger partial charge >= 0.3 is 0 Å². The molecule has 0 spiro atoms. The first-order chi connectivity index (χ1) is 9.56. The molecule has 1 rings (SSSR count). The SMILES string of the molecule is CCCOc1cc(NCC(C)COC)cc([N+](=O)[O-])c1. The third kappa shape index (κ3) is 5.44. The molecule has 1 N–H and O–H groups in total. The predicted octanol–water partition coefficient (Wildman–Crippen LogP) is 3.08. The second-order valence-electron chi connectivity index (χ2n) is 4.76. The highest BCUT2D eigenvalue weighted by molar-refractivity contribution is 5.56. The fourth-order valence-electron chi connectivity index (χ4n) is 1.73. The molecule has 20 heavy (non-hydrogen) atoms. The molecule has 0 saturated heterocycles. The van der Waals surface area contributed by atoms with Gasteiger partial charge in [-0.05, 0) is 12.3 Å². The standard InChI is InChI=1S/C14H22N2O4/c1-4-5-20-14-7-12(6-13(8-14)16(17)18)15-9-11(2)10-19-3/h6-8,11,15H,4-5,9-10H2,1-3H3. The highest BCUT2D eigenvalue weighted by Crippen LogP contribution is 2.26. The molecular formula is C14H22N2O4. The minimum absolute atomic E-state index is 0.0282. The van der Waals surface area contributed by atoms with Crippen LogP contribution in [0.3, 0.4) is 0 Å². The van der Waals surface area contributed by atoms with Gasteiger partial charge in [-0.25, -0.2) is 0 Å². The van der Waals surface area contributed by atoms with Crippen LogP contribution in [-0.2, 0) is 4.74 Å². The maximum absolute atomic E-state index is 10.9. The summed E-state index contributed by atoms with van der Waals surface area (Å²) in [5, 5.41) is 14.1. The van der Waals surface area contributed by atoms with E-state index in [2.05, 4.69) is 5.32 Å². The van der Waals surface area contributed by atoms with E-state index >= 15 is 0 Å². The van der Waals surface area contributed by atoms with Crippen molar-refractivity contribution < 1.29 is 14.4 Å². The molecule has 0 radical (unpaired) electrons. The lowest BCUT2D eigenvalue weighted by Crippen LogP contribution is -2.15. The van der Waals surface area contributed by atoms with Crippen LogP contribution in [0, 0.1) is 16.0 Å². The number of benzene rings is 1. The van der Waals surface area contributed by atoms with Gasteiger partial charge in [-0.1, -0.05) is 13.8 Å². The number of nitro groups is 1. The summed E-state index contributed by atoms with van der Waals surface area (Å²) in [6.07, 6.45) is 0.857. The number of non-ortho nitro benzene ring substituents is 1. The molecule has 1 aromatic rings. The fraction of sp³-hybridized carbons (Fsp3) is 0.571. The molecule has 0 aliphatic heterocycles. The summed E-state index contributed by atoms with van der Waals surface area (Å²) >= 11 is 0. The molecule has 0 aromatic heterocycles. The fourth-order valence-corrected chi connectivity index (χ4v) is 1.73. The summed E-state index contributed by atoms with van der Waals surface area (Å²) in [6.45, 7) is 5.90. The average molecular weight is 282 g/mol. The van der Waals surface area contributed by atoms with Gasteiger partial charge < -0.3 is 14.8 Å². The number of nitrogens with one attached hydrogen (secondary N) is 1. The van der Waals surface area contributed by atoms with E-state index in [9.17, 15) is 10.1 Å². The first-order valence-corrected chi connectivity index (χ1v) is 6.72. The van der Waals surface area contributed by atoms with E-state index in [-0.39, 0.29) is 5.69 Å². The summed E-state index contributed by atoms with van der Waals surface area (Å²) in [7, 11) is 1.65. The Hall–Kier alpha value is -1.82. The second kappa shape index (κ2) is 8.37. The van der Waals surface area contributed by atoms with Gasteiger partial charge in [-0.3, -0.25) is 10.1 Å². The Balaban J connectivity index is 2.77. The Kier molecular flexibility index (Phi) is 6.79. The van der Waals surface area contributed by atoms with Crippen molar-refractivity contribution in [1.29, 1.82) is 0 Å². The zero-order chi connectivity index (χ0) is 15.0. The van der Waals surface area contributed by atoms with Crippen molar-refractivity contribution in [3.63, 3.8) is 0 Å². The molecule has 0 bridgehead atoms. The highest BCUT2D eigenvalue weighted by Gasteiger charge is 2.11. The van der Waals surface area contributed by atoms with Crippen molar-refractivity contribution >= 4 is 11.4 Å². The summed E-state index contributed by atoms with van der Waals surface area (Å²) in [6, 6.07) is 4.74. The van der Waals surface area contributed by atoms with Crippen LogP contribution < -0.4 is 10.1 Å². The van der Waals surface area contributed by atoms with Crippen LogP contribution >= 0.6 is 0 Å². The van der Waals surface area contributed by atoms with Crippen LogP contribution in [0.25, 0.3) is 0 Å². The van der Waals surface area contributed by atoms with Crippen molar-refractivity contribution in [1.82, 2.24) is 0 Å². The minimum Gasteiger partial charge on any atom is -0.493 e. The van der Waals surface area contributed by atoms with Gasteiger partial charge in [0, 0.05) is 31.5 Å². The maximum atomic E-state index is 10.9. The van der Waals surface area contributed by atoms with E-state index in [1.54, 1.807) is 13.2 Å². The summed E-state index contributed by atoms with van der Waals surface area (Å²) in [5.41, 5.74) is 0.716. The highest BCUT2D eigenvalue weighted by atomic mass is 16.6. The van der Waals surface area contributed by atoms with E-state index in [1.165, 1.54) is 12.1 Å². The van der Waals surface area contributed by atoms with E-state index in [1.807, 2.05) is 13.8 Å². The lowest BCUT2D eigenvalue weighted by atomic mass is 10.2. The molecule has 0 saturated carbocycles. The van der Waals surface area contributed by atoms with Crippen LogP contribution in [0.4, 0.5) is 11.4 Å². The number of hydrogen-bond acceptors (Lipinski definition) is 5. The van der Waals surface area contributed by atoms with Crippen molar-refractivity contribution in [3.05, 3.63) is 28.3 Å². The molecule has 0 heterocycles. The molecule has 112 valence electrons. The van der Waals surface area contributed by atoms with Crippen LogP contribution in [0.2, 0.25) is 0 Å². The number of nitrogens with zero attached hydrogens (tertiary/aromatic N) is 1. The van der Waals surface area contributed by atoms with Crippen molar-refractivity contribution in [3.8, 4) is 5.75 Å². The number of rotatable bonds is 9. The maximum Gasteiger partial charge on any atom is 0.275 e. The van der Waals surface area contributed by atoms with E-state index < -0.39 is 4.92 Å². The molecule has 6 nitrogen and oxygen atoms in total. The second-order valence-corrected chi connectivity index (χ2v) is 4.76. The molecule has 0 aliphatic carbocycles. The van der Waals surface area contributed by atoms with Gasteiger partial charge in [-0.15, -0.1) is 0 Å². The molecule has 1 atom stereocenters. The molecular weight excluding hydrogens is 260 g/mol. The van der Waals surface area contributed by atoms with E-state index in [0.29, 0.717) is 37.1 Å². The smallest absolute Gasteiger partial charge is 0.275 e. The van der Waals surface area contributed by atoms with Crippen molar-refractivity contribution in [2.75, 3.05) is 32.2 Å². The summed E-state index contributed by atoms with van der Waals surface area (Å²) in [5.74, 6) is 0.835.